The van der Waals surface area contributed by atoms with Crippen molar-refractivity contribution >= 4 is 74.7 Å². The summed E-state index contributed by atoms with van der Waals surface area (Å²) in [4.78, 5) is 0. The molecule has 0 nitrogen and oxygen atoms in total. The molecule has 2 heterocycles. The molecule has 0 aliphatic carbocycles. The molecule has 0 spiro atoms. The minimum Gasteiger partial charge on any atom is -0.128 e. The summed E-state index contributed by atoms with van der Waals surface area (Å²) in [5.74, 6) is 0. The summed E-state index contributed by atoms with van der Waals surface area (Å²) in [5, 5.41) is 2.89. The van der Waals surface area contributed by atoms with E-state index in [4.69, 9.17) is 0 Å². The van der Waals surface area contributed by atoms with Crippen LogP contribution in [-0.4, -0.2) is 0 Å². The monoisotopic (exact) mass is 514 g/mol. The number of unbranched alkanes of at least 4 members (excludes halogenated alkanes) is 6. The number of hydrogen-bond donors (Lipinski definition) is 0. The molecule has 0 aliphatic rings. The summed E-state index contributed by atoms with van der Waals surface area (Å²) >= 11 is 11.4. The first kappa shape index (κ1) is 20.8. The molecule has 0 saturated carbocycles. The highest BCUT2D eigenvalue weighted by molar-refractivity contribution is 9.11. The predicted molar refractivity (Wildman–Crippen MR) is 128 cm³/mol. The van der Waals surface area contributed by atoms with Crippen molar-refractivity contribution in [1.29, 1.82) is 0 Å². The summed E-state index contributed by atoms with van der Waals surface area (Å²) in [6.07, 6.45) is 13.1. The van der Waals surface area contributed by atoms with Crippen molar-refractivity contribution in [3.8, 4) is 0 Å². The molecule has 0 N–H and O–H groups in total. The fraction of sp³-hybridized carbons (Fsp3) is 0.545. The Morgan fingerprint density at radius 2 is 1.08 bits per heavy atom. The van der Waals surface area contributed by atoms with Gasteiger partial charge in [-0.05, 0) is 80.8 Å². The molecule has 0 amide bonds. The number of thiophene rings is 2. The zero-order valence-corrected chi connectivity index (χ0v) is 20.6. The molecule has 3 rings (SSSR count). The Balaban J connectivity index is 2.04. The van der Waals surface area contributed by atoms with Crippen LogP contribution in [-0.2, 0) is 12.8 Å². The normalized spacial score (nSPS) is 11.8. The van der Waals surface area contributed by atoms with Gasteiger partial charge in [0.05, 0.1) is 7.57 Å². The van der Waals surface area contributed by atoms with E-state index in [1.165, 1.54) is 92.0 Å². The van der Waals surface area contributed by atoms with Crippen LogP contribution in [0.25, 0.3) is 20.2 Å². The van der Waals surface area contributed by atoms with E-state index in [-0.39, 0.29) is 0 Å². The van der Waals surface area contributed by atoms with Gasteiger partial charge in [0.2, 0.25) is 0 Å². The van der Waals surface area contributed by atoms with Gasteiger partial charge in [0.1, 0.15) is 0 Å². The van der Waals surface area contributed by atoms with Crippen molar-refractivity contribution in [2.75, 3.05) is 0 Å². The lowest BCUT2D eigenvalue weighted by molar-refractivity contribution is 0.654. The predicted octanol–water partition coefficient (Wildman–Crippen LogP) is 9.89. The highest BCUT2D eigenvalue weighted by Gasteiger charge is 2.18. The summed E-state index contributed by atoms with van der Waals surface area (Å²) in [6.45, 7) is 4.59. The fourth-order valence-electron chi connectivity index (χ4n) is 3.83. The second kappa shape index (κ2) is 10.0. The Labute approximate surface area is 182 Å². The van der Waals surface area contributed by atoms with Crippen LogP contribution in [0.2, 0.25) is 0 Å². The number of fused-ring (bicyclic) bond motifs is 3. The van der Waals surface area contributed by atoms with Crippen molar-refractivity contribution in [3.05, 3.63) is 30.8 Å². The number of benzene rings is 1. The van der Waals surface area contributed by atoms with E-state index >= 15 is 0 Å². The molecule has 0 radical (unpaired) electrons. The Morgan fingerprint density at radius 1 is 0.654 bits per heavy atom. The lowest BCUT2D eigenvalue weighted by atomic mass is 9.94. The third-order valence-electron chi connectivity index (χ3n) is 5.17. The van der Waals surface area contributed by atoms with Gasteiger partial charge in [-0.2, -0.15) is 0 Å². The minimum absolute atomic E-state index is 1.23. The van der Waals surface area contributed by atoms with Gasteiger partial charge in [-0.1, -0.05) is 52.4 Å². The van der Waals surface area contributed by atoms with Crippen LogP contribution < -0.4 is 0 Å². The molecular weight excluding hydrogens is 488 g/mol. The van der Waals surface area contributed by atoms with Crippen LogP contribution in [0.15, 0.2) is 19.7 Å². The fourth-order valence-corrected chi connectivity index (χ4v) is 7.26. The number of hydrogen-bond acceptors (Lipinski definition) is 2. The first-order valence-corrected chi connectivity index (χ1v) is 13.2. The Kier molecular flexibility index (Phi) is 8.04. The minimum atomic E-state index is 1.23. The van der Waals surface area contributed by atoms with Crippen LogP contribution in [0.1, 0.15) is 76.3 Å². The van der Waals surface area contributed by atoms with Gasteiger partial charge in [0, 0.05) is 20.2 Å². The largest absolute Gasteiger partial charge is 0.128 e. The average molecular weight is 516 g/mol. The van der Waals surface area contributed by atoms with Gasteiger partial charge >= 0.3 is 0 Å². The molecule has 1 aromatic carbocycles. The maximum atomic E-state index is 3.75. The molecule has 0 fully saturated rings. The van der Waals surface area contributed by atoms with E-state index in [0.717, 1.165) is 0 Å². The summed E-state index contributed by atoms with van der Waals surface area (Å²) in [5.41, 5.74) is 3.29. The summed E-state index contributed by atoms with van der Waals surface area (Å²) in [7, 11) is 0. The topological polar surface area (TPSA) is 0 Å². The van der Waals surface area contributed by atoms with Gasteiger partial charge in [-0.15, -0.1) is 22.7 Å². The van der Waals surface area contributed by atoms with Crippen molar-refractivity contribution < 1.29 is 0 Å². The lowest BCUT2D eigenvalue weighted by Gasteiger charge is -2.13. The van der Waals surface area contributed by atoms with E-state index in [0.29, 0.717) is 0 Å². The second-order valence-corrected chi connectivity index (χ2v) is 12.0. The van der Waals surface area contributed by atoms with Crippen LogP contribution in [0.4, 0.5) is 0 Å². The Morgan fingerprint density at radius 3 is 1.46 bits per heavy atom. The zero-order valence-electron chi connectivity index (χ0n) is 15.8. The lowest BCUT2D eigenvalue weighted by Crippen LogP contribution is -1.97. The van der Waals surface area contributed by atoms with E-state index in [1.54, 1.807) is 11.1 Å². The third kappa shape index (κ3) is 4.74. The van der Waals surface area contributed by atoms with Gasteiger partial charge in [-0.3, -0.25) is 0 Å². The van der Waals surface area contributed by atoms with Gasteiger partial charge in [0.15, 0.2) is 0 Å². The molecule has 3 aromatic rings. The maximum absolute atomic E-state index is 3.75. The molecule has 4 heteroatoms. The first-order valence-electron chi connectivity index (χ1n) is 9.97. The number of aryl methyl sites for hydroxylation is 2. The van der Waals surface area contributed by atoms with E-state index in [9.17, 15) is 0 Å². The summed E-state index contributed by atoms with van der Waals surface area (Å²) < 4.78 is 5.57. The van der Waals surface area contributed by atoms with Crippen molar-refractivity contribution in [1.82, 2.24) is 0 Å². The quantitative estimate of drug-likeness (QED) is 0.235. The van der Waals surface area contributed by atoms with E-state index < -0.39 is 0 Å². The van der Waals surface area contributed by atoms with Gasteiger partial charge < -0.3 is 0 Å². The average Bonchev–Trinajstić information content (AvgIpc) is 3.19. The second-order valence-electron chi connectivity index (χ2n) is 7.17. The standard InChI is InChI=1S/C22H28Br2S2/c1-3-5-7-9-11-15-16(12-10-8-6-4-2)22-18(14-20(24)26-22)17-13-19(23)25-21(15)17/h13-14H,3-12H2,1-2H3. The molecule has 0 saturated heterocycles. The van der Waals surface area contributed by atoms with Crippen LogP contribution in [0.5, 0.6) is 0 Å². The molecule has 2 aromatic heterocycles. The molecular formula is C22H28Br2S2. The van der Waals surface area contributed by atoms with E-state index in [1.807, 2.05) is 22.7 Å². The Hall–Kier alpha value is 0.1000. The zero-order chi connectivity index (χ0) is 18.5. The molecule has 0 aliphatic heterocycles. The van der Waals surface area contributed by atoms with Crippen LogP contribution >= 0.6 is 54.5 Å². The summed E-state index contributed by atoms with van der Waals surface area (Å²) in [6, 6.07) is 4.66. The smallest absolute Gasteiger partial charge is 0.0711 e. The molecule has 142 valence electrons. The molecule has 26 heavy (non-hydrogen) atoms. The van der Waals surface area contributed by atoms with Gasteiger partial charge in [0.25, 0.3) is 0 Å². The highest BCUT2D eigenvalue weighted by Crippen LogP contribution is 2.45. The van der Waals surface area contributed by atoms with Gasteiger partial charge in [-0.25, -0.2) is 0 Å². The van der Waals surface area contributed by atoms with Crippen molar-refractivity contribution in [2.45, 2.75) is 78.1 Å². The molecule has 0 bridgehead atoms. The maximum Gasteiger partial charge on any atom is 0.0711 e. The molecule has 0 unspecified atom stereocenters. The van der Waals surface area contributed by atoms with Crippen LogP contribution in [0, 0.1) is 0 Å². The van der Waals surface area contributed by atoms with Crippen LogP contribution in [0.3, 0.4) is 0 Å². The van der Waals surface area contributed by atoms with E-state index in [2.05, 4.69) is 57.8 Å². The SMILES string of the molecule is CCCCCCc1c(CCCCCC)c2sc(Br)cc2c2cc(Br)sc12. The third-order valence-corrected chi connectivity index (χ3v) is 8.56. The Bertz CT molecular complexity index is 789. The number of halogens is 2. The number of rotatable bonds is 10. The van der Waals surface area contributed by atoms with Crippen molar-refractivity contribution in [2.24, 2.45) is 0 Å². The first-order chi connectivity index (χ1) is 12.7. The highest BCUT2D eigenvalue weighted by atomic mass is 79.9. The molecule has 0 atom stereocenters. The van der Waals surface area contributed by atoms with Crippen molar-refractivity contribution in [3.63, 3.8) is 0 Å².